The standard InChI is InChI=1S/C26H55N.2C17H34O2/c1-3-5-7-9-11-13-14-15-16-17-18-20-22-24-26-27-25-23-21-19-12-10-8-6-4-2;2*1-2-3-4-5-6-7-8-9-10-11-12-13-14-15-16-17(18)19/h27H,3-26H2,1-2H3;2*2-16H2,1H3,(H,18,19). The third-order valence-corrected chi connectivity index (χ3v) is 13.4. The molecule has 392 valence electrons. The minimum Gasteiger partial charge on any atom is -0.481 e. The second kappa shape index (κ2) is 67.2. The Bertz CT molecular complexity index is 768. The topological polar surface area (TPSA) is 86.6 Å². The van der Waals surface area contributed by atoms with Crippen molar-refractivity contribution < 1.29 is 19.8 Å². The first-order valence-electron chi connectivity index (χ1n) is 30.1. The lowest BCUT2D eigenvalue weighted by molar-refractivity contribution is -0.138. The minimum absolute atomic E-state index is 0.345. The SMILES string of the molecule is CCCCCCCCCCCCCCCCC(=O)O.CCCCCCCCCCCCCCCCC(=O)O.CCCCCCCCCCCCCCCCNCCCCCCCCCC. The summed E-state index contributed by atoms with van der Waals surface area (Å²) in [6.07, 6.45) is 69.2. The molecule has 0 aromatic heterocycles. The molecule has 0 fully saturated rings. The normalized spacial score (nSPS) is 11.0. The van der Waals surface area contributed by atoms with Crippen LogP contribution in [0.4, 0.5) is 0 Å². The first-order valence-corrected chi connectivity index (χ1v) is 30.1. The monoisotopic (exact) mass is 922 g/mol. The molecule has 65 heavy (non-hydrogen) atoms. The number of hydrogen-bond acceptors (Lipinski definition) is 3. The van der Waals surface area contributed by atoms with Crippen molar-refractivity contribution in [1.82, 2.24) is 5.32 Å². The predicted molar refractivity (Wildman–Crippen MR) is 291 cm³/mol. The van der Waals surface area contributed by atoms with E-state index in [0.717, 1.165) is 25.7 Å². The quantitative estimate of drug-likeness (QED) is 0.0529. The second-order valence-corrected chi connectivity index (χ2v) is 20.3. The largest absolute Gasteiger partial charge is 0.481 e. The van der Waals surface area contributed by atoms with E-state index in [1.54, 1.807) is 0 Å². The van der Waals surface area contributed by atoms with Crippen LogP contribution in [0.2, 0.25) is 0 Å². The fraction of sp³-hybridized carbons (Fsp3) is 0.967. The number of carboxylic acid groups (broad SMARTS) is 2. The van der Waals surface area contributed by atoms with Gasteiger partial charge in [-0.3, -0.25) is 9.59 Å². The molecule has 0 saturated carbocycles. The van der Waals surface area contributed by atoms with E-state index in [4.69, 9.17) is 10.2 Å². The maximum absolute atomic E-state index is 10.3. The van der Waals surface area contributed by atoms with E-state index in [9.17, 15) is 9.59 Å². The molecule has 0 spiro atoms. The molecule has 0 atom stereocenters. The summed E-state index contributed by atoms with van der Waals surface area (Å²) in [4.78, 5) is 20.6. The van der Waals surface area contributed by atoms with Crippen LogP contribution in [-0.2, 0) is 9.59 Å². The Balaban J connectivity index is -0.000000909. The number of carbonyl (C=O) groups is 2. The van der Waals surface area contributed by atoms with Crippen LogP contribution in [0.5, 0.6) is 0 Å². The molecule has 0 aromatic rings. The molecule has 0 bridgehead atoms. The smallest absolute Gasteiger partial charge is 0.303 e. The Morgan fingerprint density at radius 1 is 0.231 bits per heavy atom. The molecule has 5 nitrogen and oxygen atoms in total. The Hall–Kier alpha value is -1.10. The van der Waals surface area contributed by atoms with Gasteiger partial charge in [-0.15, -0.1) is 0 Å². The average molecular weight is 923 g/mol. The first-order chi connectivity index (χ1) is 32.0. The Morgan fingerprint density at radius 2 is 0.369 bits per heavy atom. The van der Waals surface area contributed by atoms with E-state index >= 15 is 0 Å². The highest BCUT2D eigenvalue weighted by Crippen LogP contribution is 2.16. The summed E-state index contributed by atoms with van der Waals surface area (Å²) >= 11 is 0. The zero-order valence-corrected chi connectivity index (χ0v) is 45.4. The van der Waals surface area contributed by atoms with Crippen LogP contribution in [0, 0.1) is 0 Å². The molecule has 0 unspecified atom stereocenters. The summed E-state index contributed by atoms with van der Waals surface area (Å²) in [5, 5.41) is 20.6. The maximum Gasteiger partial charge on any atom is 0.303 e. The molecule has 3 N–H and O–H groups in total. The Labute approximate surface area is 410 Å². The van der Waals surface area contributed by atoms with Crippen molar-refractivity contribution in [3.8, 4) is 0 Å². The average Bonchev–Trinajstić information content (AvgIpc) is 3.29. The van der Waals surface area contributed by atoms with Crippen molar-refractivity contribution in [2.45, 2.75) is 362 Å². The fourth-order valence-corrected chi connectivity index (χ4v) is 8.89. The van der Waals surface area contributed by atoms with Gasteiger partial charge in [-0.1, -0.05) is 323 Å². The molecular weight excluding hydrogens is 799 g/mol. The molecule has 0 saturated heterocycles. The lowest BCUT2D eigenvalue weighted by Gasteiger charge is -2.05. The molecule has 5 heteroatoms. The summed E-state index contributed by atoms with van der Waals surface area (Å²) in [5.41, 5.74) is 0. The maximum atomic E-state index is 10.3. The van der Waals surface area contributed by atoms with Gasteiger partial charge in [0.25, 0.3) is 0 Å². The molecule has 0 aromatic carbocycles. The van der Waals surface area contributed by atoms with Gasteiger partial charge >= 0.3 is 11.9 Å². The van der Waals surface area contributed by atoms with E-state index in [0.29, 0.717) is 12.8 Å². The van der Waals surface area contributed by atoms with Crippen LogP contribution in [0.15, 0.2) is 0 Å². The zero-order valence-electron chi connectivity index (χ0n) is 45.4. The number of aliphatic carboxylic acids is 2. The van der Waals surface area contributed by atoms with Crippen molar-refractivity contribution >= 4 is 11.9 Å². The lowest BCUT2D eigenvalue weighted by atomic mass is 10.0. The first kappa shape index (κ1) is 68.2. The molecule has 0 amide bonds. The Morgan fingerprint density at radius 3 is 0.523 bits per heavy atom. The van der Waals surface area contributed by atoms with E-state index < -0.39 is 11.9 Å². The van der Waals surface area contributed by atoms with E-state index in [2.05, 4.69) is 33.0 Å². The summed E-state index contributed by atoms with van der Waals surface area (Å²) in [5.74, 6) is -1.31. The zero-order chi connectivity index (χ0) is 48.0. The highest BCUT2D eigenvalue weighted by Gasteiger charge is 2.00. The fourth-order valence-electron chi connectivity index (χ4n) is 8.89. The van der Waals surface area contributed by atoms with Gasteiger partial charge in [0.05, 0.1) is 0 Å². The van der Waals surface area contributed by atoms with Crippen LogP contribution in [0.1, 0.15) is 362 Å². The molecular formula is C60H123NO4. The van der Waals surface area contributed by atoms with Crippen LogP contribution in [-0.4, -0.2) is 35.2 Å². The number of nitrogens with one attached hydrogen (secondary N) is 1. The van der Waals surface area contributed by atoms with Crippen LogP contribution < -0.4 is 5.32 Å². The minimum atomic E-state index is -0.654. The van der Waals surface area contributed by atoms with Crippen LogP contribution in [0.3, 0.4) is 0 Å². The number of rotatable bonds is 54. The Kier molecular flexibility index (Phi) is 70.4. The van der Waals surface area contributed by atoms with E-state index in [1.807, 2.05) is 0 Å². The van der Waals surface area contributed by atoms with Gasteiger partial charge in [0, 0.05) is 12.8 Å². The molecule has 0 aliphatic rings. The van der Waals surface area contributed by atoms with Crippen LogP contribution >= 0.6 is 0 Å². The summed E-state index contributed by atoms with van der Waals surface area (Å²) in [7, 11) is 0. The van der Waals surface area contributed by atoms with Gasteiger partial charge in [-0.2, -0.15) is 0 Å². The highest BCUT2D eigenvalue weighted by atomic mass is 16.4. The summed E-state index contributed by atoms with van der Waals surface area (Å²) < 4.78 is 0. The molecule has 0 aliphatic heterocycles. The molecule has 0 radical (unpaired) electrons. The number of unbranched alkanes of at least 4 members (excludes halogenated alkanes) is 46. The number of hydrogen-bond donors (Lipinski definition) is 3. The molecule has 0 aliphatic carbocycles. The van der Waals surface area contributed by atoms with Crippen molar-refractivity contribution in [3.05, 3.63) is 0 Å². The van der Waals surface area contributed by atoms with Crippen molar-refractivity contribution in [3.63, 3.8) is 0 Å². The van der Waals surface area contributed by atoms with E-state index in [-0.39, 0.29) is 0 Å². The van der Waals surface area contributed by atoms with Gasteiger partial charge < -0.3 is 15.5 Å². The van der Waals surface area contributed by atoms with Gasteiger partial charge in [0.1, 0.15) is 0 Å². The lowest BCUT2D eigenvalue weighted by Crippen LogP contribution is -2.16. The van der Waals surface area contributed by atoms with Crippen molar-refractivity contribution in [2.75, 3.05) is 13.1 Å². The van der Waals surface area contributed by atoms with Crippen molar-refractivity contribution in [1.29, 1.82) is 0 Å². The highest BCUT2D eigenvalue weighted by molar-refractivity contribution is 5.66. The van der Waals surface area contributed by atoms with E-state index in [1.165, 1.54) is 308 Å². The summed E-state index contributed by atoms with van der Waals surface area (Å²) in [6, 6.07) is 0. The second-order valence-electron chi connectivity index (χ2n) is 20.3. The van der Waals surface area contributed by atoms with Gasteiger partial charge in [0.15, 0.2) is 0 Å². The van der Waals surface area contributed by atoms with Crippen molar-refractivity contribution in [2.24, 2.45) is 0 Å². The number of carboxylic acids is 2. The van der Waals surface area contributed by atoms with Gasteiger partial charge in [-0.25, -0.2) is 0 Å². The third kappa shape index (κ3) is 77.4. The van der Waals surface area contributed by atoms with Crippen LogP contribution in [0.25, 0.3) is 0 Å². The predicted octanol–water partition coefficient (Wildman–Crippen LogP) is 21.1. The molecule has 0 rings (SSSR count). The summed E-state index contributed by atoms with van der Waals surface area (Å²) in [6.45, 7) is 11.6. The molecule has 0 heterocycles. The third-order valence-electron chi connectivity index (χ3n) is 13.4. The van der Waals surface area contributed by atoms with Gasteiger partial charge in [0.2, 0.25) is 0 Å². The van der Waals surface area contributed by atoms with Gasteiger partial charge in [-0.05, 0) is 38.8 Å².